The minimum absolute atomic E-state index is 0.257. The highest BCUT2D eigenvalue weighted by Crippen LogP contribution is 2.21. The highest BCUT2D eigenvalue weighted by atomic mass is 16.5. The molecule has 0 fully saturated rings. The Morgan fingerprint density at radius 3 is 2.71 bits per heavy atom. The summed E-state index contributed by atoms with van der Waals surface area (Å²) >= 11 is 0. The van der Waals surface area contributed by atoms with Crippen LogP contribution in [-0.2, 0) is 14.3 Å². The Bertz CT molecular complexity index is 364. The van der Waals surface area contributed by atoms with Crippen LogP contribution in [0.25, 0.3) is 0 Å². The number of methoxy groups -OCH3 is 1. The lowest BCUT2D eigenvalue weighted by molar-refractivity contribution is -0.145. The van der Waals surface area contributed by atoms with E-state index in [1.54, 1.807) is 21.0 Å². The molecule has 0 amide bonds. The second-order valence-corrected chi connectivity index (χ2v) is 3.58. The molecule has 0 aliphatic heterocycles. The first-order valence-corrected chi connectivity index (χ1v) is 5.66. The van der Waals surface area contributed by atoms with Gasteiger partial charge in [0, 0.05) is 7.11 Å². The van der Waals surface area contributed by atoms with E-state index in [0.29, 0.717) is 18.9 Å². The van der Waals surface area contributed by atoms with Gasteiger partial charge in [-0.25, -0.2) is 0 Å². The summed E-state index contributed by atoms with van der Waals surface area (Å²) in [5.74, 6) is -0.120. The first kappa shape index (κ1) is 13.6. The number of hydrogen-bond acceptors (Lipinski definition) is 6. The average molecular weight is 242 g/mol. The standard InChI is InChI=1S/C11H18N2O4/c1-5-8(11(14)16-6-2)10-12-9(13-17-10)7(3)15-4/h7-8H,5-6H2,1-4H3. The molecule has 1 heterocycles. The zero-order chi connectivity index (χ0) is 12.8. The maximum absolute atomic E-state index is 11.6. The third-order valence-electron chi connectivity index (χ3n) is 2.45. The van der Waals surface area contributed by atoms with E-state index in [1.807, 2.05) is 6.92 Å². The Kier molecular flexibility index (Phi) is 5.09. The Morgan fingerprint density at radius 2 is 2.18 bits per heavy atom. The van der Waals surface area contributed by atoms with Crippen LogP contribution in [0.1, 0.15) is 50.9 Å². The van der Waals surface area contributed by atoms with Gasteiger partial charge in [-0.2, -0.15) is 4.98 Å². The van der Waals surface area contributed by atoms with Crippen molar-refractivity contribution in [2.45, 2.75) is 39.2 Å². The molecule has 0 bridgehead atoms. The third-order valence-corrected chi connectivity index (χ3v) is 2.45. The molecule has 0 saturated carbocycles. The molecule has 0 aromatic carbocycles. The minimum atomic E-state index is -0.500. The third kappa shape index (κ3) is 3.26. The van der Waals surface area contributed by atoms with Crippen molar-refractivity contribution < 1.29 is 18.8 Å². The number of carbonyl (C=O) groups is 1. The van der Waals surface area contributed by atoms with Gasteiger partial charge in [0.2, 0.25) is 5.89 Å². The smallest absolute Gasteiger partial charge is 0.318 e. The van der Waals surface area contributed by atoms with Crippen molar-refractivity contribution in [2.75, 3.05) is 13.7 Å². The minimum Gasteiger partial charge on any atom is -0.465 e. The summed E-state index contributed by atoms with van der Waals surface area (Å²) in [6.45, 7) is 5.77. The lowest BCUT2D eigenvalue weighted by Gasteiger charge is -2.08. The van der Waals surface area contributed by atoms with Gasteiger partial charge in [-0.15, -0.1) is 0 Å². The zero-order valence-electron chi connectivity index (χ0n) is 10.6. The topological polar surface area (TPSA) is 74.5 Å². The molecule has 6 nitrogen and oxygen atoms in total. The molecule has 1 aromatic heterocycles. The van der Waals surface area contributed by atoms with Crippen LogP contribution in [0.15, 0.2) is 4.52 Å². The predicted octanol–water partition coefficient (Wildman–Crippen LogP) is 1.83. The van der Waals surface area contributed by atoms with Crippen molar-refractivity contribution in [3.63, 3.8) is 0 Å². The van der Waals surface area contributed by atoms with E-state index >= 15 is 0 Å². The molecule has 17 heavy (non-hydrogen) atoms. The number of rotatable bonds is 6. The van der Waals surface area contributed by atoms with Crippen molar-refractivity contribution in [1.29, 1.82) is 0 Å². The molecule has 0 radical (unpaired) electrons. The summed E-state index contributed by atoms with van der Waals surface area (Å²) in [4.78, 5) is 15.8. The van der Waals surface area contributed by atoms with Gasteiger partial charge < -0.3 is 14.0 Å². The Morgan fingerprint density at radius 1 is 1.47 bits per heavy atom. The SMILES string of the molecule is CCOC(=O)C(CC)c1nc(C(C)OC)no1. The van der Waals surface area contributed by atoms with Crippen molar-refractivity contribution in [2.24, 2.45) is 0 Å². The summed E-state index contributed by atoms with van der Waals surface area (Å²) in [5.41, 5.74) is 0. The van der Waals surface area contributed by atoms with Crippen molar-refractivity contribution in [1.82, 2.24) is 10.1 Å². The molecule has 2 unspecified atom stereocenters. The maximum Gasteiger partial charge on any atom is 0.318 e. The fraction of sp³-hybridized carbons (Fsp3) is 0.727. The van der Waals surface area contributed by atoms with Gasteiger partial charge in [-0.1, -0.05) is 12.1 Å². The Hall–Kier alpha value is -1.43. The summed E-state index contributed by atoms with van der Waals surface area (Å²) in [6, 6.07) is 0. The Labute approximate surface area is 100 Å². The second kappa shape index (κ2) is 6.34. The van der Waals surface area contributed by atoms with E-state index in [4.69, 9.17) is 14.0 Å². The number of esters is 1. The van der Waals surface area contributed by atoms with Crippen LogP contribution in [0, 0.1) is 0 Å². The first-order chi connectivity index (χ1) is 8.13. The quantitative estimate of drug-likeness (QED) is 0.708. The van der Waals surface area contributed by atoms with E-state index in [9.17, 15) is 4.79 Å². The molecular formula is C11H18N2O4. The molecule has 0 saturated heterocycles. The van der Waals surface area contributed by atoms with Crippen molar-refractivity contribution in [3.05, 3.63) is 11.7 Å². The normalized spacial score (nSPS) is 14.4. The van der Waals surface area contributed by atoms with Crippen LogP contribution in [0.4, 0.5) is 0 Å². The molecule has 0 aliphatic rings. The van der Waals surface area contributed by atoms with Crippen LogP contribution in [0.3, 0.4) is 0 Å². The molecule has 96 valence electrons. The molecule has 0 spiro atoms. The fourth-order valence-electron chi connectivity index (χ4n) is 1.34. The molecule has 6 heteroatoms. The molecular weight excluding hydrogens is 224 g/mol. The Balaban J connectivity index is 2.82. The monoisotopic (exact) mass is 242 g/mol. The zero-order valence-corrected chi connectivity index (χ0v) is 10.6. The molecule has 1 rings (SSSR count). The van der Waals surface area contributed by atoms with Gasteiger partial charge in [0.1, 0.15) is 12.0 Å². The van der Waals surface area contributed by atoms with E-state index in [1.165, 1.54) is 0 Å². The number of ether oxygens (including phenoxy) is 2. The van der Waals surface area contributed by atoms with Gasteiger partial charge in [-0.05, 0) is 20.3 Å². The molecule has 2 atom stereocenters. The van der Waals surface area contributed by atoms with Crippen molar-refractivity contribution >= 4 is 5.97 Å². The first-order valence-electron chi connectivity index (χ1n) is 5.66. The van der Waals surface area contributed by atoms with E-state index in [2.05, 4.69) is 10.1 Å². The highest BCUT2D eigenvalue weighted by Gasteiger charge is 2.27. The summed E-state index contributed by atoms with van der Waals surface area (Å²) in [6.07, 6.45) is 0.300. The van der Waals surface area contributed by atoms with Crippen LogP contribution >= 0.6 is 0 Å². The summed E-state index contributed by atoms with van der Waals surface area (Å²) in [7, 11) is 1.56. The van der Waals surface area contributed by atoms with Gasteiger partial charge >= 0.3 is 5.97 Å². The average Bonchev–Trinajstić information content (AvgIpc) is 2.79. The van der Waals surface area contributed by atoms with Gasteiger partial charge in [-0.3, -0.25) is 4.79 Å². The highest BCUT2D eigenvalue weighted by molar-refractivity contribution is 5.76. The lowest BCUT2D eigenvalue weighted by Crippen LogP contribution is -2.15. The molecule has 1 aromatic rings. The number of carbonyl (C=O) groups excluding carboxylic acids is 1. The molecule has 0 N–H and O–H groups in total. The van der Waals surface area contributed by atoms with Gasteiger partial charge in [0.05, 0.1) is 6.61 Å². The second-order valence-electron chi connectivity index (χ2n) is 3.58. The number of nitrogens with zero attached hydrogens (tertiary/aromatic N) is 2. The summed E-state index contributed by atoms with van der Waals surface area (Å²) in [5, 5.41) is 3.78. The van der Waals surface area contributed by atoms with E-state index < -0.39 is 5.92 Å². The van der Waals surface area contributed by atoms with Gasteiger partial charge in [0.25, 0.3) is 0 Å². The van der Waals surface area contributed by atoms with Crippen LogP contribution < -0.4 is 0 Å². The maximum atomic E-state index is 11.6. The van der Waals surface area contributed by atoms with Crippen LogP contribution in [0.5, 0.6) is 0 Å². The number of hydrogen-bond donors (Lipinski definition) is 0. The summed E-state index contributed by atoms with van der Waals surface area (Å²) < 4.78 is 15.1. The number of aromatic nitrogens is 2. The van der Waals surface area contributed by atoms with E-state index in [-0.39, 0.29) is 18.0 Å². The fourth-order valence-corrected chi connectivity index (χ4v) is 1.34. The van der Waals surface area contributed by atoms with Crippen LogP contribution in [-0.4, -0.2) is 29.8 Å². The van der Waals surface area contributed by atoms with Gasteiger partial charge in [0.15, 0.2) is 5.82 Å². The van der Waals surface area contributed by atoms with Crippen molar-refractivity contribution in [3.8, 4) is 0 Å². The molecule has 0 aliphatic carbocycles. The van der Waals surface area contributed by atoms with Crippen LogP contribution in [0.2, 0.25) is 0 Å². The lowest BCUT2D eigenvalue weighted by atomic mass is 10.1. The van der Waals surface area contributed by atoms with E-state index in [0.717, 1.165) is 0 Å². The predicted molar refractivity (Wildman–Crippen MR) is 59.4 cm³/mol. The largest absolute Gasteiger partial charge is 0.465 e.